The molecule has 92 valence electrons. The van der Waals surface area contributed by atoms with Crippen LogP contribution >= 0.6 is 11.6 Å². The second-order valence-corrected chi connectivity index (χ2v) is 4.16. The van der Waals surface area contributed by atoms with Gasteiger partial charge in [0.2, 0.25) is 0 Å². The van der Waals surface area contributed by atoms with Gasteiger partial charge in [-0.15, -0.1) is 6.58 Å². The highest BCUT2D eigenvalue weighted by atomic mass is 35.5. The van der Waals surface area contributed by atoms with Crippen molar-refractivity contribution in [2.24, 2.45) is 0 Å². The largest absolute Gasteiger partial charge is 0.370 e. The van der Waals surface area contributed by atoms with Crippen LogP contribution in [0.4, 0.5) is 5.82 Å². The SMILES string of the molecule is C=CCCNc1cc(Cl)nc(-c2ccccc2)n1. The van der Waals surface area contributed by atoms with Crippen molar-refractivity contribution in [3.05, 3.63) is 54.2 Å². The third kappa shape index (κ3) is 3.31. The Morgan fingerprint density at radius 3 is 2.72 bits per heavy atom. The fourth-order valence-electron chi connectivity index (χ4n) is 1.53. The first-order valence-corrected chi connectivity index (χ1v) is 6.12. The highest BCUT2D eigenvalue weighted by Crippen LogP contribution is 2.19. The number of halogens is 1. The molecule has 0 spiro atoms. The van der Waals surface area contributed by atoms with Crippen molar-refractivity contribution in [3.63, 3.8) is 0 Å². The van der Waals surface area contributed by atoms with Crippen molar-refractivity contribution in [1.82, 2.24) is 9.97 Å². The van der Waals surface area contributed by atoms with Crippen molar-refractivity contribution < 1.29 is 0 Å². The van der Waals surface area contributed by atoms with Crippen molar-refractivity contribution in [2.75, 3.05) is 11.9 Å². The minimum Gasteiger partial charge on any atom is -0.370 e. The molecule has 0 unspecified atom stereocenters. The van der Waals surface area contributed by atoms with Crippen molar-refractivity contribution in [1.29, 1.82) is 0 Å². The molecule has 18 heavy (non-hydrogen) atoms. The molecule has 4 heteroatoms. The number of rotatable bonds is 5. The summed E-state index contributed by atoms with van der Waals surface area (Å²) in [5.41, 5.74) is 0.951. The summed E-state index contributed by atoms with van der Waals surface area (Å²) in [6.45, 7) is 4.46. The molecule has 0 aliphatic carbocycles. The van der Waals surface area contributed by atoms with E-state index in [2.05, 4.69) is 21.9 Å². The highest BCUT2D eigenvalue weighted by molar-refractivity contribution is 6.29. The van der Waals surface area contributed by atoms with Gasteiger partial charge in [-0.2, -0.15) is 0 Å². The second kappa shape index (κ2) is 6.17. The maximum absolute atomic E-state index is 6.00. The zero-order chi connectivity index (χ0) is 12.8. The van der Waals surface area contributed by atoms with Crippen LogP contribution in [0.15, 0.2) is 49.1 Å². The van der Waals surface area contributed by atoms with Gasteiger partial charge in [0.05, 0.1) is 0 Å². The van der Waals surface area contributed by atoms with E-state index in [1.807, 2.05) is 36.4 Å². The third-order valence-electron chi connectivity index (χ3n) is 2.38. The zero-order valence-corrected chi connectivity index (χ0v) is 10.7. The maximum Gasteiger partial charge on any atom is 0.163 e. The van der Waals surface area contributed by atoms with E-state index < -0.39 is 0 Å². The van der Waals surface area contributed by atoms with E-state index in [-0.39, 0.29) is 0 Å². The summed E-state index contributed by atoms with van der Waals surface area (Å²) in [4.78, 5) is 8.66. The number of aromatic nitrogens is 2. The van der Waals surface area contributed by atoms with Gasteiger partial charge < -0.3 is 5.32 Å². The molecule has 0 bridgehead atoms. The van der Waals surface area contributed by atoms with Crippen molar-refractivity contribution >= 4 is 17.4 Å². The lowest BCUT2D eigenvalue weighted by molar-refractivity contribution is 1.04. The number of hydrogen-bond acceptors (Lipinski definition) is 3. The van der Waals surface area contributed by atoms with Gasteiger partial charge in [-0.05, 0) is 6.42 Å². The average Bonchev–Trinajstić information content (AvgIpc) is 2.39. The predicted molar refractivity (Wildman–Crippen MR) is 75.8 cm³/mol. The molecule has 0 atom stereocenters. The van der Waals surface area contributed by atoms with Crippen LogP contribution in [0.3, 0.4) is 0 Å². The third-order valence-corrected chi connectivity index (χ3v) is 2.58. The van der Waals surface area contributed by atoms with Gasteiger partial charge in [0.15, 0.2) is 5.82 Å². The molecule has 0 saturated carbocycles. The number of anilines is 1. The van der Waals surface area contributed by atoms with Gasteiger partial charge in [-0.3, -0.25) is 0 Å². The molecular formula is C14H14ClN3. The van der Waals surface area contributed by atoms with Gasteiger partial charge in [-0.1, -0.05) is 48.0 Å². The molecule has 1 aromatic carbocycles. The summed E-state index contributed by atoms with van der Waals surface area (Å²) < 4.78 is 0. The molecule has 1 N–H and O–H groups in total. The fourth-order valence-corrected chi connectivity index (χ4v) is 1.71. The Morgan fingerprint density at radius 2 is 2.00 bits per heavy atom. The highest BCUT2D eigenvalue weighted by Gasteiger charge is 2.04. The van der Waals surface area contributed by atoms with Crippen molar-refractivity contribution in [3.8, 4) is 11.4 Å². The number of benzene rings is 1. The Hall–Kier alpha value is -1.87. The van der Waals surface area contributed by atoms with Crippen LogP contribution in [-0.2, 0) is 0 Å². The number of nitrogens with zero attached hydrogens (tertiary/aromatic N) is 2. The maximum atomic E-state index is 6.00. The molecule has 0 radical (unpaired) electrons. The van der Waals surface area contributed by atoms with Crippen LogP contribution in [0.5, 0.6) is 0 Å². The molecule has 0 aliphatic rings. The van der Waals surface area contributed by atoms with E-state index in [9.17, 15) is 0 Å². The van der Waals surface area contributed by atoms with Gasteiger partial charge in [0.25, 0.3) is 0 Å². The van der Waals surface area contributed by atoms with Gasteiger partial charge in [0.1, 0.15) is 11.0 Å². The molecule has 2 rings (SSSR count). The average molecular weight is 260 g/mol. The lowest BCUT2D eigenvalue weighted by Gasteiger charge is -2.06. The van der Waals surface area contributed by atoms with Crippen molar-refractivity contribution in [2.45, 2.75) is 6.42 Å². The topological polar surface area (TPSA) is 37.8 Å². The van der Waals surface area contributed by atoms with Gasteiger partial charge >= 0.3 is 0 Å². The van der Waals surface area contributed by atoms with E-state index in [4.69, 9.17) is 11.6 Å². The monoisotopic (exact) mass is 259 g/mol. The predicted octanol–water partition coefficient (Wildman–Crippen LogP) is 3.79. The summed E-state index contributed by atoms with van der Waals surface area (Å²) in [5, 5.41) is 3.62. The minimum absolute atomic E-state index is 0.435. The Labute approximate surface area is 112 Å². The minimum atomic E-state index is 0.435. The van der Waals surface area contributed by atoms with Crippen LogP contribution in [-0.4, -0.2) is 16.5 Å². The molecule has 1 heterocycles. The zero-order valence-electron chi connectivity index (χ0n) is 9.94. The van der Waals surface area contributed by atoms with E-state index in [0.717, 1.165) is 24.3 Å². The molecule has 3 nitrogen and oxygen atoms in total. The van der Waals surface area contributed by atoms with Crippen LogP contribution in [0, 0.1) is 0 Å². The Kier molecular flexibility index (Phi) is 4.31. The summed E-state index contributed by atoms with van der Waals surface area (Å²) >= 11 is 6.00. The van der Waals surface area contributed by atoms with E-state index in [0.29, 0.717) is 11.0 Å². The Morgan fingerprint density at radius 1 is 1.22 bits per heavy atom. The van der Waals surface area contributed by atoms with Crippen LogP contribution < -0.4 is 5.32 Å². The normalized spacial score (nSPS) is 10.1. The summed E-state index contributed by atoms with van der Waals surface area (Å²) in [6, 6.07) is 11.5. The number of hydrogen-bond donors (Lipinski definition) is 1. The number of nitrogens with one attached hydrogen (secondary N) is 1. The quantitative estimate of drug-likeness (QED) is 0.504. The summed E-state index contributed by atoms with van der Waals surface area (Å²) in [6.07, 6.45) is 2.73. The standard InChI is InChI=1S/C14H14ClN3/c1-2-3-9-16-13-10-12(15)17-14(18-13)11-7-5-4-6-8-11/h2,4-8,10H,1,3,9H2,(H,16,17,18). The van der Waals surface area contributed by atoms with Gasteiger partial charge in [-0.25, -0.2) is 9.97 Å². The first-order valence-electron chi connectivity index (χ1n) is 5.74. The smallest absolute Gasteiger partial charge is 0.163 e. The second-order valence-electron chi connectivity index (χ2n) is 3.77. The van der Waals surface area contributed by atoms with E-state index >= 15 is 0 Å². The molecular weight excluding hydrogens is 246 g/mol. The Bertz CT molecular complexity index is 526. The van der Waals surface area contributed by atoms with E-state index in [1.54, 1.807) is 6.07 Å². The van der Waals surface area contributed by atoms with Crippen LogP contribution in [0.1, 0.15) is 6.42 Å². The van der Waals surface area contributed by atoms with Gasteiger partial charge in [0, 0.05) is 18.2 Å². The van der Waals surface area contributed by atoms with Crippen LogP contribution in [0.25, 0.3) is 11.4 Å². The van der Waals surface area contributed by atoms with Crippen LogP contribution in [0.2, 0.25) is 5.15 Å². The summed E-state index contributed by atoms with van der Waals surface area (Å²) in [5.74, 6) is 1.36. The lowest BCUT2D eigenvalue weighted by atomic mass is 10.2. The summed E-state index contributed by atoms with van der Waals surface area (Å²) in [7, 11) is 0. The first kappa shape index (κ1) is 12.6. The molecule has 0 aliphatic heterocycles. The molecule has 0 saturated heterocycles. The molecule has 2 aromatic rings. The molecule has 0 fully saturated rings. The fraction of sp³-hybridized carbons (Fsp3) is 0.143. The Balaban J connectivity index is 2.24. The molecule has 1 aromatic heterocycles. The lowest BCUT2D eigenvalue weighted by Crippen LogP contribution is -2.03. The molecule has 0 amide bonds. The van der Waals surface area contributed by atoms with E-state index in [1.165, 1.54) is 0 Å². The first-order chi connectivity index (χ1) is 8.79.